The lowest BCUT2D eigenvalue weighted by Crippen LogP contribution is -2.64. The summed E-state index contributed by atoms with van der Waals surface area (Å²) in [6.07, 6.45) is 0.116. The maximum Gasteiger partial charge on any atom is 0.390 e. The van der Waals surface area contributed by atoms with E-state index >= 15 is 0 Å². The highest BCUT2D eigenvalue weighted by atomic mass is 32.3. The van der Waals surface area contributed by atoms with Crippen LogP contribution in [-0.4, -0.2) is 68.3 Å². The molecule has 0 aromatic carbocycles. The largest absolute Gasteiger partial charge is 0.390 e. The Morgan fingerprint density at radius 1 is 0.714 bits per heavy atom. The maximum absolute atomic E-state index is 13.5. The smallest absolute Gasteiger partial charge is 0.294 e. The van der Waals surface area contributed by atoms with Crippen LogP contribution in [0.15, 0.2) is 0 Å². The fourth-order valence-corrected chi connectivity index (χ4v) is 4.59. The van der Waals surface area contributed by atoms with Gasteiger partial charge in [-0.2, -0.15) is 52.0 Å². The van der Waals surface area contributed by atoms with Crippen molar-refractivity contribution in [2.45, 2.75) is 43.3 Å². The predicted octanol–water partition coefficient (Wildman–Crippen LogP) is 2.62. The van der Waals surface area contributed by atoms with E-state index in [0.717, 1.165) is 0 Å². The minimum atomic E-state index is -6.88. The van der Waals surface area contributed by atoms with Crippen LogP contribution in [0.1, 0.15) is 0 Å². The second-order valence-electron chi connectivity index (χ2n) is 6.39. The van der Waals surface area contributed by atoms with Gasteiger partial charge in [0.1, 0.15) is 13.2 Å². The van der Waals surface area contributed by atoms with E-state index in [9.17, 15) is 52.0 Å². The van der Waals surface area contributed by atoms with E-state index in [-0.39, 0.29) is 6.26 Å². The van der Waals surface area contributed by atoms with Crippen molar-refractivity contribution in [3.05, 3.63) is 0 Å². The van der Waals surface area contributed by atoms with Gasteiger partial charge < -0.3 is 0 Å². The summed E-state index contributed by atoms with van der Waals surface area (Å²) >= 11 is 0. The third-order valence-electron chi connectivity index (χ3n) is 2.50. The Morgan fingerprint density at radius 2 is 1.04 bits per heavy atom. The van der Waals surface area contributed by atoms with Crippen LogP contribution >= 0.6 is 0 Å². The van der Waals surface area contributed by atoms with Crippen LogP contribution in [0.3, 0.4) is 0 Å². The zero-order valence-corrected chi connectivity index (χ0v) is 17.2. The van der Waals surface area contributed by atoms with Gasteiger partial charge >= 0.3 is 34.1 Å². The van der Waals surface area contributed by atoms with E-state index in [2.05, 4.69) is 12.2 Å². The van der Waals surface area contributed by atoms with Crippen molar-refractivity contribution in [1.29, 1.82) is 0 Å². The Balaban J connectivity index is 5.62. The highest BCUT2D eigenvalue weighted by Gasteiger charge is 2.80. The molecule has 0 unspecified atom stereocenters. The average Bonchev–Trinajstić information content (AvgIpc) is 2.39. The Kier molecular flexibility index (Phi) is 7.77. The molecule has 0 heterocycles. The van der Waals surface area contributed by atoms with Crippen molar-refractivity contribution in [2.75, 3.05) is 19.5 Å². The molecule has 0 bridgehead atoms. The molecule has 28 heavy (non-hydrogen) atoms. The molecule has 0 saturated carbocycles. The molecule has 0 amide bonds. The van der Waals surface area contributed by atoms with E-state index in [1.54, 1.807) is 0 Å². The van der Waals surface area contributed by atoms with E-state index in [1.807, 2.05) is 0 Å². The molecule has 0 aliphatic carbocycles. The first-order chi connectivity index (χ1) is 11.9. The molecule has 0 aliphatic heterocycles. The van der Waals surface area contributed by atoms with Crippen LogP contribution in [0.4, 0.5) is 35.1 Å². The number of halogens is 8. The van der Waals surface area contributed by atoms with E-state index in [0.29, 0.717) is 0 Å². The van der Waals surface area contributed by atoms with Crippen molar-refractivity contribution in [2.24, 2.45) is 0 Å². The molecule has 0 spiro atoms. The second kappa shape index (κ2) is 7.93. The molecule has 170 valence electrons. The fraction of sp³-hybridized carbons (Fsp3) is 1.00. The van der Waals surface area contributed by atoms with Crippen molar-refractivity contribution < 1.29 is 64.2 Å². The van der Waals surface area contributed by atoms with Crippen LogP contribution in [0, 0.1) is 0 Å². The normalized spacial score (nSPS) is 15.7. The zero-order chi connectivity index (χ0) is 23.0. The highest BCUT2D eigenvalue weighted by Crippen LogP contribution is 2.52. The fourth-order valence-electron chi connectivity index (χ4n) is 1.30. The summed E-state index contributed by atoms with van der Waals surface area (Å²) in [5, 5.41) is 0. The molecule has 0 saturated heterocycles. The minimum absolute atomic E-state index is 0.116. The first-order valence-corrected chi connectivity index (χ1v) is 13.4. The van der Waals surface area contributed by atoms with Crippen LogP contribution in [0.5, 0.6) is 0 Å². The van der Waals surface area contributed by atoms with Crippen molar-refractivity contribution in [1.82, 2.24) is 0 Å². The molecule has 0 aromatic rings. The average molecular weight is 492 g/mol. The molecule has 18 heteroatoms. The third-order valence-corrected chi connectivity index (χ3v) is 6.27. The molecule has 0 aromatic heterocycles. The molecule has 0 atom stereocenters. The quantitative estimate of drug-likeness (QED) is 0.249. The van der Waals surface area contributed by atoms with Gasteiger partial charge in [0, 0.05) is 0 Å². The number of rotatable bonds is 11. The molecule has 0 radical (unpaired) electrons. The first kappa shape index (κ1) is 27.4. The molecule has 0 fully saturated rings. The minimum Gasteiger partial charge on any atom is -0.294 e. The summed E-state index contributed by atoms with van der Waals surface area (Å²) in [4.78, 5) is 0. The lowest BCUT2D eigenvalue weighted by atomic mass is 9.99. The summed E-state index contributed by atoms with van der Waals surface area (Å²) in [5.41, 5.74) is 0. The third kappa shape index (κ3) is 7.04. The standard InChI is InChI=1S/C10H16F8O7S2Si/c1-26(19,20)23-5-7(11,12)9(15,16)10(17,18)8(13,14)6-24-27(21,22)25-28(2,3)4/h5-6H2,1-4H3. The Bertz CT molecular complexity index is 761. The Hall–Kier alpha value is -0.563. The first-order valence-electron chi connectivity index (χ1n) is 6.83. The summed E-state index contributed by atoms with van der Waals surface area (Å²) in [6, 6.07) is 0. The Labute approximate surface area is 156 Å². The molecule has 0 N–H and O–H groups in total. The van der Waals surface area contributed by atoms with E-state index in [1.165, 1.54) is 19.6 Å². The maximum atomic E-state index is 13.5. The Morgan fingerprint density at radius 3 is 1.32 bits per heavy atom. The van der Waals surface area contributed by atoms with Gasteiger partial charge in [0.15, 0.2) is 0 Å². The lowest BCUT2D eigenvalue weighted by Gasteiger charge is -2.36. The van der Waals surface area contributed by atoms with Gasteiger partial charge in [-0.3, -0.25) is 8.06 Å². The van der Waals surface area contributed by atoms with Crippen molar-refractivity contribution in [3.8, 4) is 0 Å². The highest BCUT2D eigenvalue weighted by molar-refractivity contribution is 7.86. The molecule has 0 rings (SSSR count). The summed E-state index contributed by atoms with van der Waals surface area (Å²) < 4.78 is 162. The van der Waals surface area contributed by atoms with Crippen molar-refractivity contribution in [3.63, 3.8) is 0 Å². The van der Waals surface area contributed by atoms with Gasteiger partial charge in [0.05, 0.1) is 6.26 Å². The molecular formula is C10H16F8O7S2Si. The number of hydrogen-bond acceptors (Lipinski definition) is 7. The lowest BCUT2D eigenvalue weighted by molar-refractivity contribution is -0.371. The van der Waals surface area contributed by atoms with Gasteiger partial charge in [0.25, 0.3) is 10.1 Å². The number of hydrogen-bond donors (Lipinski definition) is 0. The van der Waals surface area contributed by atoms with E-state index < -0.39 is 65.7 Å². The van der Waals surface area contributed by atoms with E-state index in [4.69, 9.17) is 0 Å². The van der Waals surface area contributed by atoms with Crippen LogP contribution in [0.25, 0.3) is 0 Å². The molecular weight excluding hydrogens is 476 g/mol. The molecule has 7 nitrogen and oxygen atoms in total. The monoisotopic (exact) mass is 492 g/mol. The topological polar surface area (TPSA) is 96.0 Å². The van der Waals surface area contributed by atoms with Gasteiger partial charge in [0.2, 0.25) is 8.32 Å². The summed E-state index contributed by atoms with van der Waals surface area (Å²) in [5.74, 6) is -26.0. The summed E-state index contributed by atoms with van der Waals surface area (Å²) in [7, 11) is -13.2. The molecule has 0 aliphatic rings. The summed E-state index contributed by atoms with van der Waals surface area (Å²) in [6.45, 7) is -2.17. The van der Waals surface area contributed by atoms with Crippen LogP contribution < -0.4 is 0 Å². The van der Waals surface area contributed by atoms with Gasteiger partial charge in [-0.1, -0.05) is 0 Å². The zero-order valence-electron chi connectivity index (χ0n) is 14.6. The van der Waals surface area contributed by atoms with Crippen LogP contribution in [-0.2, 0) is 32.8 Å². The van der Waals surface area contributed by atoms with Gasteiger partial charge in [-0.05, 0) is 19.6 Å². The van der Waals surface area contributed by atoms with Gasteiger partial charge in [-0.15, -0.1) is 0 Å². The number of alkyl halides is 8. The predicted molar refractivity (Wildman–Crippen MR) is 79.9 cm³/mol. The van der Waals surface area contributed by atoms with Crippen LogP contribution in [0.2, 0.25) is 19.6 Å². The second-order valence-corrected chi connectivity index (χ2v) is 14.0. The SMILES string of the molecule is C[Si](C)(C)OS(=O)(=O)OCC(F)(F)C(F)(F)C(F)(F)C(F)(F)COS(C)(=O)=O. The van der Waals surface area contributed by atoms with Crippen molar-refractivity contribution >= 4 is 28.8 Å². The van der Waals surface area contributed by atoms with Gasteiger partial charge in [-0.25, -0.2) is 4.18 Å².